The molecule has 3 aliphatic rings. The van der Waals surface area contributed by atoms with Crippen LogP contribution in [0.3, 0.4) is 0 Å². The number of ether oxygens (including phenoxy) is 3. The van der Waals surface area contributed by atoms with Crippen LogP contribution in [0.5, 0.6) is 0 Å². The molecule has 0 saturated heterocycles. The van der Waals surface area contributed by atoms with Crippen molar-refractivity contribution < 1.29 is 23.8 Å². The number of carbonyl (C=O) groups is 2. The van der Waals surface area contributed by atoms with Gasteiger partial charge >= 0.3 is 12.1 Å². The number of hydrogen-bond donors (Lipinski definition) is 0. The van der Waals surface area contributed by atoms with Gasteiger partial charge in [0.15, 0.2) is 0 Å². The predicted molar refractivity (Wildman–Crippen MR) is 112 cm³/mol. The van der Waals surface area contributed by atoms with Crippen molar-refractivity contribution >= 4 is 17.6 Å². The van der Waals surface area contributed by atoms with Gasteiger partial charge in [0.05, 0.1) is 24.9 Å². The Hall–Kier alpha value is -3.02. The van der Waals surface area contributed by atoms with Gasteiger partial charge < -0.3 is 19.1 Å². The van der Waals surface area contributed by atoms with Crippen LogP contribution in [-0.2, 0) is 19.0 Å². The first-order valence-corrected chi connectivity index (χ1v) is 10.3. The molecule has 30 heavy (non-hydrogen) atoms. The molecule has 0 N–H and O–H groups in total. The summed E-state index contributed by atoms with van der Waals surface area (Å²) in [4.78, 5) is 26.6. The van der Waals surface area contributed by atoms with Crippen molar-refractivity contribution in [1.82, 2.24) is 4.90 Å². The number of methoxy groups -OCH3 is 1. The van der Waals surface area contributed by atoms with Crippen LogP contribution < -0.4 is 0 Å². The van der Waals surface area contributed by atoms with Gasteiger partial charge in [-0.1, -0.05) is 55.0 Å². The van der Waals surface area contributed by atoms with Gasteiger partial charge in [-0.3, -0.25) is 0 Å². The second kappa shape index (κ2) is 8.38. The third-order valence-electron chi connectivity index (χ3n) is 6.23. The Kier molecular flexibility index (Phi) is 5.66. The van der Waals surface area contributed by atoms with Crippen molar-refractivity contribution in [2.24, 2.45) is 17.8 Å². The summed E-state index contributed by atoms with van der Waals surface area (Å²) in [7, 11) is 1.36. The Morgan fingerprint density at radius 2 is 1.93 bits per heavy atom. The van der Waals surface area contributed by atoms with Crippen LogP contribution in [0.2, 0.25) is 0 Å². The number of rotatable bonds is 3. The molecule has 2 heterocycles. The third-order valence-corrected chi connectivity index (χ3v) is 6.23. The lowest BCUT2D eigenvalue weighted by Crippen LogP contribution is -2.44. The topological polar surface area (TPSA) is 65.1 Å². The molecule has 0 spiro atoms. The summed E-state index contributed by atoms with van der Waals surface area (Å²) in [5, 5.41) is 0. The van der Waals surface area contributed by atoms with E-state index in [1.807, 2.05) is 25.1 Å². The van der Waals surface area contributed by atoms with E-state index in [2.05, 4.69) is 31.2 Å². The second-order valence-electron chi connectivity index (χ2n) is 8.10. The van der Waals surface area contributed by atoms with E-state index in [1.54, 1.807) is 4.90 Å². The van der Waals surface area contributed by atoms with Gasteiger partial charge in [-0.2, -0.15) is 0 Å². The maximum absolute atomic E-state index is 12.9. The molecule has 4 atom stereocenters. The fraction of sp³-hybridized carbons (Fsp3) is 0.417. The van der Waals surface area contributed by atoms with Crippen LogP contribution in [-0.4, -0.2) is 43.5 Å². The molecular formula is C24H27NO5. The zero-order valence-electron chi connectivity index (χ0n) is 17.5. The molecule has 4 rings (SSSR count). The maximum atomic E-state index is 12.9. The number of esters is 1. The first kappa shape index (κ1) is 20.3. The van der Waals surface area contributed by atoms with Gasteiger partial charge in [0.1, 0.15) is 0 Å². The summed E-state index contributed by atoms with van der Waals surface area (Å²) in [6.45, 7) is 5.16. The lowest BCUT2D eigenvalue weighted by atomic mass is 9.84. The molecule has 0 radical (unpaired) electrons. The first-order chi connectivity index (χ1) is 14.5. The minimum absolute atomic E-state index is 0.0890. The summed E-state index contributed by atoms with van der Waals surface area (Å²) in [5.74, 6) is -0.464. The van der Waals surface area contributed by atoms with E-state index in [-0.39, 0.29) is 17.8 Å². The maximum Gasteiger partial charge on any atom is 0.413 e. The Morgan fingerprint density at radius 1 is 1.17 bits per heavy atom. The zero-order chi connectivity index (χ0) is 21.3. The van der Waals surface area contributed by atoms with Crippen molar-refractivity contribution in [3.05, 3.63) is 65.5 Å². The van der Waals surface area contributed by atoms with Crippen LogP contribution in [0.4, 0.5) is 4.79 Å². The number of benzene rings is 1. The molecule has 6 nitrogen and oxygen atoms in total. The van der Waals surface area contributed by atoms with E-state index in [1.165, 1.54) is 24.5 Å². The molecule has 1 aliphatic carbocycles. The summed E-state index contributed by atoms with van der Waals surface area (Å²) in [6.07, 6.45) is 5.11. The molecule has 2 aliphatic heterocycles. The molecule has 158 valence electrons. The normalized spacial score (nSPS) is 27.8. The van der Waals surface area contributed by atoms with E-state index in [0.29, 0.717) is 25.1 Å². The van der Waals surface area contributed by atoms with Crippen LogP contribution in [0.15, 0.2) is 59.9 Å². The molecule has 6 heteroatoms. The lowest BCUT2D eigenvalue weighted by Gasteiger charge is -2.36. The molecule has 0 bridgehead atoms. The summed E-state index contributed by atoms with van der Waals surface area (Å²) in [6, 6.07) is 10.2. The smallest absolute Gasteiger partial charge is 0.413 e. The highest BCUT2D eigenvalue weighted by Gasteiger charge is 2.45. The number of amides is 1. The number of carbonyl (C=O) groups excluding carboxylic acids is 2. The van der Waals surface area contributed by atoms with Crippen LogP contribution >= 0.6 is 0 Å². The second-order valence-corrected chi connectivity index (χ2v) is 8.10. The van der Waals surface area contributed by atoms with E-state index < -0.39 is 18.4 Å². The van der Waals surface area contributed by atoms with Crippen molar-refractivity contribution in [2.75, 3.05) is 20.2 Å². The minimum Gasteiger partial charge on any atom is -0.466 e. The Bertz CT molecular complexity index is 917. The highest BCUT2D eigenvalue weighted by atomic mass is 16.7. The average molecular weight is 409 g/mol. The SMILES string of the molecule is COC(=O)C1=COC(OC(=O)N2CC=C(c3ccccc3)C(C)C2)C2C(C)=CCC12. The molecule has 1 aromatic carbocycles. The van der Waals surface area contributed by atoms with Crippen molar-refractivity contribution in [3.8, 4) is 0 Å². The predicted octanol–water partition coefficient (Wildman–Crippen LogP) is 4.15. The van der Waals surface area contributed by atoms with Gasteiger partial charge in [0, 0.05) is 19.0 Å². The number of fused-ring (bicyclic) bond motifs is 1. The van der Waals surface area contributed by atoms with Gasteiger partial charge in [-0.25, -0.2) is 9.59 Å². The molecule has 1 amide bonds. The van der Waals surface area contributed by atoms with E-state index in [0.717, 1.165) is 5.57 Å². The standard InChI is InChI=1S/C24H27NO5/c1-15-9-10-19-20(22(26)28-3)14-29-23(21(15)19)30-24(27)25-12-11-18(16(2)13-25)17-7-5-4-6-8-17/h4-9,11,14,16,19,21,23H,10,12-13H2,1-3H3. The Balaban J connectivity index is 1.45. The average Bonchev–Trinajstić information content (AvgIpc) is 3.16. The molecule has 0 aromatic heterocycles. The Morgan fingerprint density at radius 3 is 2.63 bits per heavy atom. The fourth-order valence-electron chi connectivity index (χ4n) is 4.64. The zero-order valence-corrected chi connectivity index (χ0v) is 17.5. The van der Waals surface area contributed by atoms with Crippen molar-refractivity contribution in [1.29, 1.82) is 0 Å². The quantitative estimate of drug-likeness (QED) is 0.554. The largest absolute Gasteiger partial charge is 0.466 e. The van der Waals surface area contributed by atoms with Crippen LogP contribution in [0.25, 0.3) is 5.57 Å². The third kappa shape index (κ3) is 3.74. The molecule has 0 fully saturated rings. The van der Waals surface area contributed by atoms with Crippen molar-refractivity contribution in [3.63, 3.8) is 0 Å². The number of allylic oxidation sites excluding steroid dienone is 1. The van der Waals surface area contributed by atoms with Crippen LogP contribution in [0, 0.1) is 17.8 Å². The van der Waals surface area contributed by atoms with Crippen LogP contribution in [0.1, 0.15) is 25.8 Å². The highest BCUT2D eigenvalue weighted by molar-refractivity contribution is 5.89. The monoisotopic (exact) mass is 409 g/mol. The fourth-order valence-corrected chi connectivity index (χ4v) is 4.64. The van der Waals surface area contributed by atoms with Gasteiger partial charge in [-0.05, 0) is 30.4 Å². The molecule has 1 aromatic rings. The summed E-state index contributed by atoms with van der Waals surface area (Å²) >= 11 is 0. The van der Waals surface area contributed by atoms with Gasteiger partial charge in [0.2, 0.25) is 0 Å². The van der Waals surface area contributed by atoms with E-state index >= 15 is 0 Å². The summed E-state index contributed by atoms with van der Waals surface area (Å²) < 4.78 is 16.3. The number of hydrogen-bond acceptors (Lipinski definition) is 5. The molecular weight excluding hydrogens is 382 g/mol. The van der Waals surface area contributed by atoms with E-state index in [9.17, 15) is 9.59 Å². The lowest BCUT2D eigenvalue weighted by molar-refractivity contribution is -0.142. The molecule has 4 unspecified atom stereocenters. The Labute approximate surface area is 176 Å². The minimum atomic E-state index is -0.746. The highest BCUT2D eigenvalue weighted by Crippen LogP contribution is 2.43. The first-order valence-electron chi connectivity index (χ1n) is 10.3. The van der Waals surface area contributed by atoms with Gasteiger partial charge in [-0.15, -0.1) is 0 Å². The van der Waals surface area contributed by atoms with E-state index in [4.69, 9.17) is 14.2 Å². The van der Waals surface area contributed by atoms with Crippen molar-refractivity contribution in [2.45, 2.75) is 26.6 Å². The number of nitrogens with zero attached hydrogens (tertiary/aromatic N) is 1. The molecule has 0 saturated carbocycles. The van der Waals surface area contributed by atoms with Gasteiger partial charge in [0.25, 0.3) is 6.29 Å². The summed E-state index contributed by atoms with van der Waals surface area (Å²) in [5.41, 5.74) is 3.98.